The van der Waals surface area contributed by atoms with Gasteiger partial charge in [-0.3, -0.25) is 0 Å². The van der Waals surface area contributed by atoms with E-state index in [1.165, 1.54) is 64.8 Å². The molecule has 3 rings (SSSR count). The number of carboxylic acids is 1. The van der Waals surface area contributed by atoms with Gasteiger partial charge in [0.2, 0.25) is 5.75 Å². The lowest BCUT2D eigenvalue weighted by atomic mass is 9.96. The van der Waals surface area contributed by atoms with E-state index in [2.05, 4.69) is 13.2 Å². The van der Waals surface area contributed by atoms with Gasteiger partial charge in [0.1, 0.15) is 11.5 Å². The smallest absolute Gasteiger partial charge is 0.496 e. The third kappa shape index (κ3) is 12.9. The van der Waals surface area contributed by atoms with E-state index in [1.807, 2.05) is 0 Å². The van der Waals surface area contributed by atoms with Crippen molar-refractivity contribution in [3.05, 3.63) is 78.9 Å². The molecule has 0 aliphatic rings. The molecule has 0 atom stereocenters. The van der Waals surface area contributed by atoms with Gasteiger partial charge in [-0.15, -0.1) is 0 Å². The maximum Gasteiger partial charge on any atom is 0.514 e. The predicted molar refractivity (Wildman–Crippen MR) is 201 cm³/mol. The SMILES string of the molecule is C=CC(=O)OCCCCOC(=O)Oc1ccc(C(=O)Oc2ccc(-c3c(C(=O)O)cc(OC)c(OC(=O)OCCCCOC(=O)C=C)c3OC)c(OC)c2)cc1OC. The number of ether oxygens (including phenoxy) is 11. The molecule has 0 aromatic heterocycles. The molecule has 310 valence electrons. The zero-order valence-electron chi connectivity index (χ0n) is 32.2. The summed E-state index contributed by atoms with van der Waals surface area (Å²) in [6.45, 7) is 6.72. The van der Waals surface area contributed by atoms with Crippen molar-refractivity contribution in [1.29, 1.82) is 0 Å². The van der Waals surface area contributed by atoms with Crippen LogP contribution in [0, 0.1) is 0 Å². The molecule has 0 unspecified atom stereocenters. The number of esters is 3. The molecule has 0 aliphatic carbocycles. The first kappa shape index (κ1) is 45.2. The fraction of sp³-hybridized carbons (Fsp3) is 0.300. The van der Waals surface area contributed by atoms with E-state index < -0.39 is 36.2 Å². The van der Waals surface area contributed by atoms with Crippen molar-refractivity contribution < 1.29 is 86.0 Å². The second-order valence-electron chi connectivity index (χ2n) is 11.3. The van der Waals surface area contributed by atoms with Crippen LogP contribution in [0.5, 0.6) is 40.2 Å². The van der Waals surface area contributed by atoms with Gasteiger partial charge in [0.25, 0.3) is 0 Å². The zero-order chi connectivity index (χ0) is 42.6. The van der Waals surface area contributed by atoms with Crippen molar-refractivity contribution in [1.82, 2.24) is 0 Å². The van der Waals surface area contributed by atoms with Crippen molar-refractivity contribution >= 4 is 36.2 Å². The molecule has 0 fully saturated rings. The van der Waals surface area contributed by atoms with Crippen LogP contribution in [0.4, 0.5) is 9.59 Å². The first-order valence-corrected chi connectivity index (χ1v) is 17.3. The maximum absolute atomic E-state index is 13.2. The third-order valence-electron chi connectivity index (χ3n) is 7.63. The molecule has 58 heavy (non-hydrogen) atoms. The Morgan fingerprint density at radius 3 is 1.64 bits per heavy atom. The predicted octanol–water partition coefficient (Wildman–Crippen LogP) is 6.36. The highest BCUT2D eigenvalue weighted by Gasteiger charge is 2.29. The van der Waals surface area contributed by atoms with E-state index in [1.54, 1.807) is 0 Å². The zero-order valence-corrected chi connectivity index (χ0v) is 32.2. The monoisotopic (exact) mass is 810 g/mol. The number of aromatic carboxylic acids is 1. The Morgan fingerprint density at radius 2 is 1.12 bits per heavy atom. The van der Waals surface area contributed by atoms with E-state index >= 15 is 0 Å². The molecule has 0 saturated heterocycles. The number of hydrogen-bond acceptors (Lipinski definition) is 17. The quantitative estimate of drug-likeness (QED) is 0.0291. The largest absolute Gasteiger partial charge is 0.514 e. The van der Waals surface area contributed by atoms with Gasteiger partial charge in [-0.2, -0.15) is 0 Å². The number of unbranched alkanes of at least 4 members (excludes halogenated alkanes) is 2. The van der Waals surface area contributed by atoms with Crippen molar-refractivity contribution in [2.24, 2.45) is 0 Å². The molecule has 0 aliphatic heterocycles. The van der Waals surface area contributed by atoms with Crippen LogP contribution in [0.25, 0.3) is 11.1 Å². The van der Waals surface area contributed by atoms with E-state index in [4.69, 9.17) is 52.1 Å². The Kier molecular flexibility index (Phi) is 17.9. The average molecular weight is 811 g/mol. The molecule has 3 aromatic carbocycles. The molecule has 3 aromatic rings. The van der Waals surface area contributed by atoms with Crippen LogP contribution in [-0.4, -0.2) is 96.2 Å². The molecule has 0 amide bonds. The van der Waals surface area contributed by atoms with Crippen LogP contribution in [0.15, 0.2) is 67.8 Å². The van der Waals surface area contributed by atoms with Gasteiger partial charge in [-0.25, -0.2) is 28.8 Å². The number of carbonyl (C=O) groups excluding carboxylic acids is 5. The highest BCUT2D eigenvalue weighted by Crippen LogP contribution is 2.50. The van der Waals surface area contributed by atoms with Gasteiger partial charge in [0.05, 0.1) is 66.0 Å². The van der Waals surface area contributed by atoms with Crippen molar-refractivity contribution in [3.8, 4) is 51.4 Å². The van der Waals surface area contributed by atoms with Crippen LogP contribution in [0.1, 0.15) is 46.4 Å². The van der Waals surface area contributed by atoms with E-state index in [-0.39, 0.29) is 88.9 Å². The number of carboxylic acid groups (broad SMARTS) is 1. The van der Waals surface area contributed by atoms with Crippen LogP contribution < -0.4 is 33.2 Å². The highest BCUT2D eigenvalue weighted by molar-refractivity contribution is 6.01. The molecule has 0 radical (unpaired) electrons. The van der Waals surface area contributed by atoms with Crippen molar-refractivity contribution in [2.75, 3.05) is 54.9 Å². The molecule has 0 heterocycles. The standard InChI is InChI=1S/C40H42O18/c1-7-32(41)52-17-9-11-19-54-39(46)57-28-16-13-24(21-30(28)49-4)38(45)56-25-14-15-26(29(22-25)48-3)34-27(37(43)44)23-31(50-5)35(36(34)51-6)58-40(47)55-20-12-10-18-53-33(42)8-2/h7-8,13-16,21-23H,1-2,9-12,17-20H2,3-6H3,(H,43,44). The normalized spacial score (nSPS) is 10.2. The van der Waals surface area contributed by atoms with Crippen molar-refractivity contribution in [3.63, 3.8) is 0 Å². The number of benzene rings is 3. The molecule has 0 saturated carbocycles. The first-order chi connectivity index (χ1) is 27.9. The number of rotatable bonds is 22. The minimum absolute atomic E-state index is 0.00414. The lowest BCUT2D eigenvalue weighted by molar-refractivity contribution is -0.138. The summed E-state index contributed by atoms with van der Waals surface area (Å²) in [7, 11) is 5.04. The Labute approximate surface area is 332 Å². The lowest BCUT2D eigenvalue weighted by Gasteiger charge is -2.20. The van der Waals surface area contributed by atoms with Crippen LogP contribution in [-0.2, 0) is 28.5 Å². The lowest BCUT2D eigenvalue weighted by Crippen LogP contribution is -2.14. The summed E-state index contributed by atoms with van der Waals surface area (Å²) >= 11 is 0. The van der Waals surface area contributed by atoms with E-state index in [0.717, 1.165) is 18.2 Å². The van der Waals surface area contributed by atoms with Gasteiger partial charge < -0.3 is 57.2 Å². The highest BCUT2D eigenvalue weighted by atomic mass is 16.7. The summed E-state index contributed by atoms with van der Waals surface area (Å²) < 4.78 is 57.8. The first-order valence-electron chi connectivity index (χ1n) is 17.3. The number of hydrogen-bond donors (Lipinski definition) is 1. The molecule has 0 spiro atoms. The van der Waals surface area contributed by atoms with Gasteiger partial charge in [-0.1, -0.05) is 13.2 Å². The summed E-state index contributed by atoms with van der Waals surface area (Å²) in [5, 5.41) is 10.2. The molecule has 18 heteroatoms. The minimum Gasteiger partial charge on any atom is -0.496 e. The summed E-state index contributed by atoms with van der Waals surface area (Å²) in [5.41, 5.74) is -0.260. The van der Waals surface area contributed by atoms with Crippen LogP contribution in [0.3, 0.4) is 0 Å². The molecular formula is C40H42O18. The average Bonchev–Trinajstić information content (AvgIpc) is 3.22. The fourth-order valence-electron chi connectivity index (χ4n) is 4.90. The maximum atomic E-state index is 13.2. The Hall–Kier alpha value is -7.24. The number of carbonyl (C=O) groups is 6. The second-order valence-corrected chi connectivity index (χ2v) is 11.3. The summed E-state index contributed by atoms with van der Waals surface area (Å²) in [5.74, 6) is -4.09. The summed E-state index contributed by atoms with van der Waals surface area (Å²) in [4.78, 5) is 72.9. The molecule has 18 nitrogen and oxygen atoms in total. The molecule has 0 bridgehead atoms. The Bertz CT molecular complexity index is 1980. The Balaban J connectivity index is 1.79. The molecule has 1 N–H and O–H groups in total. The van der Waals surface area contributed by atoms with Crippen LogP contribution in [0.2, 0.25) is 0 Å². The van der Waals surface area contributed by atoms with Gasteiger partial charge >= 0.3 is 36.2 Å². The van der Waals surface area contributed by atoms with Gasteiger partial charge in [0.15, 0.2) is 23.0 Å². The van der Waals surface area contributed by atoms with E-state index in [0.29, 0.717) is 25.7 Å². The molecular weight excluding hydrogens is 768 g/mol. The third-order valence-corrected chi connectivity index (χ3v) is 7.63. The second kappa shape index (κ2) is 23.0. The minimum atomic E-state index is -1.39. The fourth-order valence-corrected chi connectivity index (χ4v) is 4.90. The van der Waals surface area contributed by atoms with Gasteiger partial charge in [0, 0.05) is 29.3 Å². The number of methoxy groups -OCH3 is 4. The van der Waals surface area contributed by atoms with Crippen LogP contribution >= 0.6 is 0 Å². The topological polar surface area (TPSA) is 224 Å². The van der Waals surface area contributed by atoms with Crippen molar-refractivity contribution in [2.45, 2.75) is 25.7 Å². The van der Waals surface area contributed by atoms with Gasteiger partial charge in [-0.05, 0) is 62.1 Å². The summed E-state index contributed by atoms with van der Waals surface area (Å²) in [6, 6.07) is 9.10. The Morgan fingerprint density at radius 1 is 0.569 bits per heavy atom. The summed E-state index contributed by atoms with van der Waals surface area (Å²) in [6.07, 6.45) is 1.44. The van der Waals surface area contributed by atoms with E-state index in [9.17, 15) is 33.9 Å².